The molecule has 1 saturated carbocycles. The third kappa shape index (κ3) is 1.98. The van der Waals surface area contributed by atoms with Gasteiger partial charge in [0.15, 0.2) is 0 Å². The minimum absolute atomic E-state index is 0.782. The quantitative estimate of drug-likeness (QED) is 0.579. The molecule has 1 aliphatic rings. The van der Waals surface area contributed by atoms with Gasteiger partial charge in [0.2, 0.25) is 0 Å². The van der Waals surface area contributed by atoms with Crippen LogP contribution in [0, 0.1) is 5.41 Å². The van der Waals surface area contributed by atoms with Crippen LogP contribution in [0.15, 0.2) is 0 Å². The van der Waals surface area contributed by atoms with E-state index in [9.17, 15) is 0 Å². The SMILES string of the molecule is CCC1(CCN(C)C)CC1. The molecule has 0 heterocycles. The first kappa shape index (κ1) is 8.06. The van der Waals surface area contributed by atoms with Crippen LogP contribution in [0.3, 0.4) is 0 Å². The molecule has 0 aromatic carbocycles. The van der Waals surface area contributed by atoms with Crippen molar-refractivity contribution in [3.05, 3.63) is 0 Å². The Morgan fingerprint density at radius 2 is 1.90 bits per heavy atom. The summed E-state index contributed by atoms with van der Waals surface area (Å²) in [6.07, 6.45) is 5.77. The van der Waals surface area contributed by atoms with Crippen molar-refractivity contribution in [2.45, 2.75) is 32.6 Å². The van der Waals surface area contributed by atoms with E-state index in [-0.39, 0.29) is 0 Å². The van der Waals surface area contributed by atoms with E-state index in [0.29, 0.717) is 0 Å². The molecule has 1 rings (SSSR count). The molecule has 0 aliphatic heterocycles. The molecule has 0 unspecified atom stereocenters. The van der Waals surface area contributed by atoms with Gasteiger partial charge >= 0.3 is 0 Å². The predicted octanol–water partition coefficient (Wildman–Crippen LogP) is 2.13. The minimum atomic E-state index is 0.782. The molecule has 0 amide bonds. The van der Waals surface area contributed by atoms with Crippen LogP contribution < -0.4 is 0 Å². The first-order valence-corrected chi connectivity index (χ1v) is 4.33. The molecule has 1 aliphatic carbocycles. The molecule has 0 saturated heterocycles. The van der Waals surface area contributed by atoms with Crippen molar-refractivity contribution in [3.8, 4) is 0 Å². The van der Waals surface area contributed by atoms with Crippen LogP contribution in [0.5, 0.6) is 0 Å². The van der Waals surface area contributed by atoms with E-state index in [0.717, 1.165) is 5.41 Å². The first-order chi connectivity index (χ1) is 4.68. The van der Waals surface area contributed by atoms with Crippen molar-refractivity contribution < 1.29 is 0 Å². The number of nitrogens with zero attached hydrogens (tertiary/aromatic N) is 1. The first-order valence-electron chi connectivity index (χ1n) is 4.33. The highest BCUT2D eigenvalue weighted by molar-refractivity contribution is 4.91. The highest BCUT2D eigenvalue weighted by atomic mass is 15.0. The Balaban J connectivity index is 2.13. The van der Waals surface area contributed by atoms with Gasteiger partial charge in [-0.1, -0.05) is 13.3 Å². The molecule has 1 fully saturated rings. The highest BCUT2D eigenvalue weighted by Crippen LogP contribution is 2.51. The highest BCUT2D eigenvalue weighted by Gasteiger charge is 2.39. The fraction of sp³-hybridized carbons (Fsp3) is 1.00. The van der Waals surface area contributed by atoms with E-state index in [1.54, 1.807) is 0 Å². The number of rotatable bonds is 4. The van der Waals surface area contributed by atoms with Crippen LogP contribution in [0.4, 0.5) is 0 Å². The summed E-state index contributed by atoms with van der Waals surface area (Å²) in [4.78, 5) is 2.29. The average molecular weight is 141 g/mol. The summed E-state index contributed by atoms with van der Waals surface area (Å²) in [6, 6.07) is 0. The Bertz CT molecular complexity index is 103. The summed E-state index contributed by atoms with van der Waals surface area (Å²) < 4.78 is 0. The van der Waals surface area contributed by atoms with Crippen molar-refractivity contribution in [3.63, 3.8) is 0 Å². The van der Waals surface area contributed by atoms with Crippen LogP contribution in [0.2, 0.25) is 0 Å². The lowest BCUT2D eigenvalue weighted by atomic mass is 9.99. The van der Waals surface area contributed by atoms with Gasteiger partial charge in [0.05, 0.1) is 0 Å². The maximum Gasteiger partial charge on any atom is -0.00195 e. The molecule has 0 aromatic rings. The van der Waals surface area contributed by atoms with Gasteiger partial charge in [0.1, 0.15) is 0 Å². The van der Waals surface area contributed by atoms with E-state index in [1.807, 2.05) is 0 Å². The zero-order valence-corrected chi connectivity index (χ0v) is 7.48. The fourth-order valence-corrected chi connectivity index (χ4v) is 1.42. The van der Waals surface area contributed by atoms with Crippen molar-refractivity contribution in [2.24, 2.45) is 5.41 Å². The largest absolute Gasteiger partial charge is 0.309 e. The fourth-order valence-electron chi connectivity index (χ4n) is 1.42. The zero-order valence-electron chi connectivity index (χ0n) is 7.48. The monoisotopic (exact) mass is 141 g/mol. The Morgan fingerprint density at radius 1 is 1.30 bits per heavy atom. The second kappa shape index (κ2) is 2.91. The Kier molecular flexibility index (Phi) is 2.35. The van der Waals surface area contributed by atoms with E-state index >= 15 is 0 Å². The van der Waals surface area contributed by atoms with Gasteiger partial charge in [-0.3, -0.25) is 0 Å². The molecule has 0 N–H and O–H groups in total. The lowest BCUT2D eigenvalue weighted by Crippen LogP contribution is -2.16. The van der Waals surface area contributed by atoms with E-state index < -0.39 is 0 Å². The van der Waals surface area contributed by atoms with Gasteiger partial charge < -0.3 is 4.90 Å². The van der Waals surface area contributed by atoms with Gasteiger partial charge in [0, 0.05) is 0 Å². The smallest absolute Gasteiger partial charge is 0.00195 e. The molecule has 10 heavy (non-hydrogen) atoms. The molecule has 0 aromatic heterocycles. The topological polar surface area (TPSA) is 3.24 Å². The second-order valence-electron chi connectivity index (χ2n) is 3.91. The summed E-state index contributed by atoms with van der Waals surface area (Å²) in [7, 11) is 4.32. The van der Waals surface area contributed by atoms with Crippen molar-refractivity contribution in [1.29, 1.82) is 0 Å². The Hall–Kier alpha value is -0.0400. The number of hydrogen-bond donors (Lipinski definition) is 0. The molecule has 0 spiro atoms. The van der Waals surface area contributed by atoms with E-state index in [1.165, 1.54) is 32.2 Å². The average Bonchev–Trinajstić information content (AvgIpc) is 2.64. The molecule has 60 valence electrons. The van der Waals surface area contributed by atoms with Crippen LogP contribution in [0.1, 0.15) is 32.6 Å². The van der Waals surface area contributed by atoms with E-state index in [4.69, 9.17) is 0 Å². The van der Waals surface area contributed by atoms with Gasteiger partial charge in [0.25, 0.3) is 0 Å². The van der Waals surface area contributed by atoms with Crippen LogP contribution >= 0.6 is 0 Å². The van der Waals surface area contributed by atoms with Gasteiger partial charge in [-0.25, -0.2) is 0 Å². The minimum Gasteiger partial charge on any atom is -0.309 e. The Morgan fingerprint density at radius 3 is 2.20 bits per heavy atom. The third-order valence-corrected chi connectivity index (χ3v) is 2.80. The second-order valence-corrected chi connectivity index (χ2v) is 3.91. The summed E-state index contributed by atoms with van der Waals surface area (Å²) in [6.45, 7) is 3.59. The van der Waals surface area contributed by atoms with Gasteiger partial charge in [-0.2, -0.15) is 0 Å². The van der Waals surface area contributed by atoms with Crippen LogP contribution in [0.25, 0.3) is 0 Å². The molecular weight excluding hydrogens is 122 g/mol. The summed E-state index contributed by atoms with van der Waals surface area (Å²) in [5, 5.41) is 0. The molecule has 1 heteroatoms. The van der Waals surface area contributed by atoms with Gasteiger partial charge in [-0.15, -0.1) is 0 Å². The van der Waals surface area contributed by atoms with Crippen LogP contribution in [-0.2, 0) is 0 Å². The summed E-state index contributed by atoms with van der Waals surface area (Å²) in [5.74, 6) is 0. The van der Waals surface area contributed by atoms with E-state index in [2.05, 4.69) is 25.9 Å². The zero-order chi connectivity index (χ0) is 7.61. The standard InChI is InChI=1S/C9H19N/c1-4-9(5-6-9)7-8-10(2)3/h4-8H2,1-3H3. The predicted molar refractivity (Wildman–Crippen MR) is 45.1 cm³/mol. The van der Waals surface area contributed by atoms with Crippen molar-refractivity contribution in [1.82, 2.24) is 4.90 Å². The van der Waals surface area contributed by atoms with Crippen molar-refractivity contribution in [2.75, 3.05) is 20.6 Å². The lowest BCUT2D eigenvalue weighted by Gasteiger charge is -2.15. The summed E-state index contributed by atoms with van der Waals surface area (Å²) >= 11 is 0. The maximum absolute atomic E-state index is 2.32. The third-order valence-electron chi connectivity index (χ3n) is 2.80. The molecule has 0 bridgehead atoms. The molecule has 0 atom stereocenters. The van der Waals surface area contributed by atoms with Gasteiger partial charge in [-0.05, 0) is 45.3 Å². The number of hydrogen-bond acceptors (Lipinski definition) is 1. The summed E-state index contributed by atoms with van der Waals surface area (Å²) in [5.41, 5.74) is 0.782. The van der Waals surface area contributed by atoms with Crippen molar-refractivity contribution >= 4 is 0 Å². The molecule has 0 radical (unpaired) electrons. The molecular formula is C9H19N. The Labute approximate surface area is 64.4 Å². The normalized spacial score (nSPS) is 21.6. The maximum atomic E-state index is 2.32. The van der Waals surface area contributed by atoms with Crippen LogP contribution in [-0.4, -0.2) is 25.5 Å². The molecule has 1 nitrogen and oxygen atoms in total. The lowest BCUT2D eigenvalue weighted by molar-refractivity contribution is 0.332.